The molecule has 4 heteroatoms. The Labute approximate surface area is 100 Å². The average Bonchev–Trinajstić information content (AvgIpc) is 2.97. The molecule has 1 fully saturated rings. The number of hydrogen-bond acceptors (Lipinski definition) is 4. The van der Waals surface area contributed by atoms with Crippen LogP contribution in [0.5, 0.6) is 0 Å². The summed E-state index contributed by atoms with van der Waals surface area (Å²) >= 11 is 0. The third kappa shape index (κ3) is 2.35. The van der Waals surface area contributed by atoms with Crippen molar-refractivity contribution in [2.24, 2.45) is 5.92 Å². The zero-order valence-electron chi connectivity index (χ0n) is 9.94. The molecule has 1 aromatic heterocycles. The zero-order valence-corrected chi connectivity index (χ0v) is 9.94. The molecule has 1 atom stereocenters. The quantitative estimate of drug-likeness (QED) is 0.794. The van der Waals surface area contributed by atoms with E-state index in [0.29, 0.717) is 17.7 Å². The lowest BCUT2D eigenvalue weighted by atomic mass is 10.2. The highest BCUT2D eigenvalue weighted by Gasteiger charge is 2.24. The lowest BCUT2D eigenvalue weighted by Gasteiger charge is -2.10. The van der Waals surface area contributed by atoms with E-state index in [2.05, 4.69) is 17.2 Å². The van der Waals surface area contributed by atoms with E-state index in [9.17, 15) is 0 Å². The van der Waals surface area contributed by atoms with E-state index < -0.39 is 0 Å². The SMILES string of the molecule is CC(CC1CC1)Nc1nc2cc(N)ccc2o1. The van der Waals surface area contributed by atoms with Gasteiger partial charge in [0.1, 0.15) is 5.52 Å². The van der Waals surface area contributed by atoms with Gasteiger partial charge in [0, 0.05) is 11.7 Å². The molecule has 3 N–H and O–H groups in total. The fourth-order valence-corrected chi connectivity index (χ4v) is 2.13. The maximum atomic E-state index is 5.71. The molecule has 0 aliphatic heterocycles. The molecule has 4 nitrogen and oxygen atoms in total. The predicted octanol–water partition coefficient (Wildman–Crippen LogP) is 3.01. The first-order chi connectivity index (χ1) is 8.20. The van der Waals surface area contributed by atoms with Gasteiger partial charge in [-0.15, -0.1) is 0 Å². The number of rotatable bonds is 4. The number of benzene rings is 1. The number of nitrogen functional groups attached to an aromatic ring is 1. The Morgan fingerprint density at radius 3 is 3.12 bits per heavy atom. The van der Waals surface area contributed by atoms with Crippen LogP contribution >= 0.6 is 0 Å². The number of aromatic nitrogens is 1. The van der Waals surface area contributed by atoms with Crippen LogP contribution in [0.15, 0.2) is 22.6 Å². The van der Waals surface area contributed by atoms with Gasteiger partial charge in [-0.3, -0.25) is 0 Å². The molecule has 2 aromatic rings. The molecule has 0 amide bonds. The van der Waals surface area contributed by atoms with Crippen LogP contribution in [0.25, 0.3) is 11.1 Å². The molecule has 1 unspecified atom stereocenters. The molecule has 0 spiro atoms. The third-order valence-corrected chi connectivity index (χ3v) is 3.17. The molecule has 0 bridgehead atoms. The fraction of sp³-hybridized carbons (Fsp3) is 0.462. The second-order valence-electron chi connectivity index (χ2n) is 4.97. The Kier molecular flexibility index (Phi) is 2.42. The minimum absolute atomic E-state index is 0.410. The van der Waals surface area contributed by atoms with Crippen LogP contribution in [-0.4, -0.2) is 11.0 Å². The normalized spacial score (nSPS) is 17.2. The van der Waals surface area contributed by atoms with Gasteiger partial charge in [-0.1, -0.05) is 12.8 Å². The van der Waals surface area contributed by atoms with Gasteiger partial charge < -0.3 is 15.5 Å². The average molecular weight is 231 g/mol. The van der Waals surface area contributed by atoms with Gasteiger partial charge in [-0.2, -0.15) is 4.98 Å². The van der Waals surface area contributed by atoms with Crippen molar-refractivity contribution in [3.8, 4) is 0 Å². The molecule has 0 radical (unpaired) electrons. The second-order valence-corrected chi connectivity index (χ2v) is 4.97. The van der Waals surface area contributed by atoms with Crippen LogP contribution in [0.2, 0.25) is 0 Å². The largest absolute Gasteiger partial charge is 0.424 e. The molecule has 1 aliphatic rings. The van der Waals surface area contributed by atoms with Gasteiger partial charge >= 0.3 is 0 Å². The van der Waals surface area contributed by atoms with Crippen molar-refractivity contribution in [3.63, 3.8) is 0 Å². The monoisotopic (exact) mass is 231 g/mol. The van der Waals surface area contributed by atoms with E-state index >= 15 is 0 Å². The molecular formula is C13H17N3O. The molecule has 1 aromatic carbocycles. The number of fused-ring (bicyclic) bond motifs is 1. The standard InChI is InChI=1S/C13H17N3O/c1-8(6-9-2-3-9)15-13-16-11-7-10(14)4-5-12(11)17-13/h4-5,7-9H,2-3,6,14H2,1H3,(H,15,16). The molecule has 1 heterocycles. The Hall–Kier alpha value is -1.71. The summed E-state index contributed by atoms with van der Waals surface area (Å²) in [7, 11) is 0. The first-order valence-corrected chi connectivity index (χ1v) is 6.13. The Morgan fingerprint density at radius 2 is 2.35 bits per heavy atom. The highest BCUT2D eigenvalue weighted by molar-refractivity contribution is 5.78. The topological polar surface area (TPSA) is 64.1 Å². The molecule has 1 aliphatic carbocycles. The lowest BCUT2D eigenvalue weighted by molar-refractivity contribution is 0.575. The van der Waals surface area contributed by atoms with Crippen molar-refractivity contribution in [2.75, 3.05) is 11.1 Å². The van der Waals surface area contributed by atoms with Gasteiger partial charge in [0.25, 0.3) is 6.01 Å². The van der Waals surface area contributed by atoms with Crippen LogP contribution in [0.1, 0.15) is 26.2 Å². The van der Waals surface area contributed by atoms with Gasteiger partial charge in [-0.25, -0.2) is 0 Å². The Balaban J connectivity index is 1.75. The summed E-state index contributed by atoms with van der Waals surface area (Å²) in [5, 5.41) is 3.30. The van der Waals surface area contributed by atoms with Gasteiger partial charge in [0.05, 0.1) is 0 Å². The number of oxazole rings is 1. The summed E-state index contributed by atoms with van der Waals surface area (Å²) in [6.45, 7) is 2.17. The number of nitrogens with one attached hydrogen (secondary N) is 1. The summed E-state index contributed by atoms with van der Waals surface area (Å²) in [5.41, 5.74) is 8.01. The maximum Gasteiger partial charge on any atom is 0.295 e. The van der Waals surface area contributed by atoms with Gasteiger partial charge in [0.15, 0.2) is 5.58 Å². The highest BCUT2D eigenvalue weighted by atomic mass is 16.4. The van der Waals surface area contributed by atoms with Crippen LogP contribution in [0.3, 0.4) is 0 Å². The third-order valence-electron chi connectivity index (χ3n) is 3.17. The molecule has 17 heavy (non-hydrogen) atoms. The second kappa shape index (κ2) is 3.95. The molecule has 3 rings (SSSR count). The molecule has 1 saturated carbocycles. The predicted molar refractivity (Wildman–Crippen MR) is 68.8 cm³/mol. The van der Waals surface area contributed by atoms with Crippen LogP contribution in [0, 0.1) is 5.92 Å². The number of anilines is 2. The maximum absolute atomic E-state index is 5.71. The van der Waals surface area contributed by atoms with Gasteiger partial charge in [0.2, 0.25) is 0 Å². The number of hydrogen-bond donors (Lipinski definition) is 2. The molecule has 0 saturated heterocycles. The van der Waals surface area contributed by atoms with E-state index in [1.807, 2.05) is 18.2 Å². The first kappa shape index (κ1) is 10.4. The van der Waals surface area contributed by atoms with Crippen molar-refractivity contribution in [1.29, 1.82) is 0 Å². The Bertz CT molecular complexity index is 530. The summed E-state index contributed by atoms with van der Waals surface area (Å²) in [6.07, 6.45) is 3.94. The van der Waals surface area contributed by atoms with Crippen molar-refractivity contribution >= 4 is 22.8 Å². The van der Waals surface area contributed by atoms with Gasteiger partial charge in [-0.05, 0) is 37.5 Å². The van der Waals surface area contributed by atoms with Crippen LogP contribution in [0.4, 0.5) is 11.7 Å². The minimum Gasteiger partial charge on any atom is -0.424 e. The summed E-state index contributed by atoms with van der Waals surface area (Å²) < 4.78 is 5.62. The minimum atomic E-state index is 0.410. The van der Waals surface area contributed by atoms with E-state index in [-0.39, 0.29) is 0 Å². The summed E-state index contributed by atoms with van der Waals surface area (Å²) in [4.78, 5) is 4.38. The zero-order chi connectivity index (χ0) is 11.8. The smallest absolute Gasteiger partial charge is 0.295 e. The van der Waals surface area contributed by atoms with E-state index in [0.717, 1.165) is 17.0 Å². The molecular weight excluding hydrogens is 214 g/mol. The first-order valence-electron chi connectivity index (χ1n) is 6.13. The fourth-order valence-electron chi connectivity index (χ4n) is 2.13. The van der Waals surface area contributed by atoms with E-state index in [1.165, 1.54) is 19.3 Å². The van der Waals surface area contributed by atoms with Crippen molar-refractivity contribution in [3.05, 3.63) is 18.2 Å². The number of nitrogens with zero attached hydrogens (tertiary/aromatic N) is 1. The van der Waals surface area contributed by atoms with Crippen molar-refractivity contribution < 1.29 is 4.42 Å². The van der Waals surface area contributed by atoms with Crippen LogP contribution in [-0.2, 0) is 0 Å². The molecule has 90 valence electrons. The van der Waals surface area contributed by atoms with Crippen molar-refractivity contribution in [1.82, 2.24) is 4.98 Å². The van der Waals surface area contributed by atoms with Crippen molar-refractivity contribution in [2.45, 2.75) is 32.2 Å². The summed E-state index contributed by atoms with van der Waals surface area (Å²) in [5.74, 6) is 0.900. The number of nitrogens with two attached hydrogens (primary N) is 1. The Morgan fingerprint density at radius 1 is 1.53 bits per heavy atom. The summed E-state index contributed by atoms with van der Waals surface area (Å²) in [6, 6.07) is 6.51. The van der Waals surface area contributed by atoms with Crippen LogP contribution < -0.4 is 11.1 Å². The highest BCUT2D eigenvalue weighted by Crippen LogP contribution is 2.34. The van der Waals surface area contributed by atoms with E-state index in [1.54, 1.807) is 0 Å². The lowest BCUT2D eigenvalue weighted by Crippen LogP contribution is -2.15. The van der Waals surface area contributed by atoms with E-state index in [4.69, 9.17) is 10.2 Å².